The van der Waals surface area contributed by atoms with E-state index in [9.17, 15) is 9.90 Å². The molecule has 0 atom stereocenters. The number of rotatable bonds is 6. The number of benzene rings is 1. The minimum Gasteiger partial charge on any atom is -0.393 e. The number of amides is 1. The predicted octanol–water partition coefficient (Wildman–Crippen LogP) is 3.05. The van der Waals surface area contributed by atoms with Crippen molar-refractivity contribution in [2.45, 2.75) is 30.3 Å². The van der Waals surface area contributed by atoms with Gasteiger partial charge in [-0.1, -0.05) is 23.7 Å². The van der Waals surface area contributed by atoms with E-state index < -0.39 is 0 Å². The van der Waals surface area contributed by atoms with Gasteiger partial charge in [-0.2, -0.15) is 0 Å². The summed E-state index contributed by atoms with van der Waals surface area (Å²) in [7, 11) is 1.84. The van der Waals surface area contributed by atoms with Crippen molar-refractivity contribution in [2.75, 3.05) is 19.3 Å². The molecule has 1 aliphatic rings. The largest absolute Gasteiger partial charge is 0.393 e. The Hall–Kier alpha value is -0.710. The van der Waals surface area contributed by atoms with Crippen molar-refractivity contribution in [3.05, 3.63) is 29.3 Å². The van der Waals surface area contributed by atoms with E-state index in [2.05, 4.69) is 0 Å². The molecule has 0 unspecified atom stereocenters. The number of hydrogen-bond acceptors (Lipinski definition) is 3. The molecule has 1 aromatic rings. The number of aliphatic hydroxyl groups is 1. The van der Waals surface area contributed by atoms with Crippen molar-refractivity contribution in [1.29, 1.82) is 0 Å². The Kier molecular flexibility index (Phi) is 5.75. The van der Waals surface area contributed by atoms with Crippen LogP contribution in [0.4, 0.5) is 0 Å². The fourth-order valence-corrected chi connectivity index (χ4v) is 3.52. The summed E-state index contributed by atoms with van der Waals surface area (Å²) in [6.07, 6.45) is 2.01. The molecule has 0 aliphatic heterocycles. The van der Waals surface area contributed by atoms with Crippen molar-refractivity contribution in [2.24, 2.45) is 5.92 Å². The summed E-state index contributed by atoms with van der Waals surface area (Å²) in [5.41, 5.74) is 0. The fraction of sp³-hybridized carbons (Fsp3) is 0.533. The van der Waals surface area contributed by atoms with E-state index in [-0.39, 0.29) is 12.0 Å². The van der Waals surface area contributed by atoms with Crippen LogP contribution in [0.15, 0.2) is 29.2 Å². The summed E-state index contributed by atoms with van der Waals surface area (Å²) < 4.78 is 0. The summed E-state index contributed by atoms with van der Waals surface area (Å²) in [6.45, 7) is 0.757. The van der Waals surface area contributed by atoms with Crippen LogP contribution in [0.5, 0.6) is 0 Å². The minimum atomic E-state index is -0.153. The predicted molar refractivity (Wildman–Crippen MR) is 83.2 cm³/mol. The van der Waals surface area contributed by atoms with Crippen LogP contribution >= 0.6 is 23.4 Å². The number of halogens is 1. The van der Waals surface area contributed by atoms with E-state index in [1.54, 1.807) is 16.7 Å². The van der Waals surface area contributed by atoms with E-state index in [0.717, 1.165) is 35.1 Å². The van der Waals surface area contributed by atoms with Gasteiger partial charge in [0.2, 0.25) is 5.91 Å². The molecule has 0 heterocycles. The first kappa shape index (κ1) is 15.7. The van der Waals surface area contributed by atoms with Gasteiger partial charge in [0.1, 0.15) is 0 Å². The molecule has 1 aliphatic carbocycles. The zero-order chi connectivity index (χ0) is 14.5. The second-order valence-corrected chi connectivity index (χ2v) is 6.84. The Labute approximate surface area is 129 Å². The highest BCUT2D eigenvalue weighted by atomic mass is 35.5. The lowest BCUT2D eigenvalue weighted by molar-refractivity contribution is -0.131. The van der Waals surface area contributed by atoms with Gasteiger partial charge in [-0.25, -0.2) is 0 Å². The molecular weight excluding hydrogens is 294 g/mol. The number of nitrogens with zero attached hydrogens (tertiary/aromatic N) is 1. The van der Waals surface area contributed by atoms with E-state index in [0.29, 0.717) is 12.3 Å². The third-order valence-electron chi connectivity index (χ3n) is 3.58. The van der Waals surface area contributed by atoms with E-state index >= 15 is 0 Å². The molecule has 110 valence electrons. The number of carbonyl (C=O) groups is 1. The van der Waals surface area contributed by atoms with Gasteiger partial charge in [-0.3, -0.25) is 4.79 Å². The van der Waals surface area contributed by atoms with Gasteiger partial charge in [0.15, 0.2) is 0 Å². The molecule has 1 fully saturated rings. The van der Waals surface area contributed by atoms with E-state index in [4.69, 9.17) is 11.6 Å². The molecule has 2 rings (SSSR count). The van der Waals surface area contributed by atoms with Gasteiger partial charge < -0.3 is 10.0 Å². The minimum absolute atomic E-state index is 0.153. The summed E-state index contributed by atoms with van der Waals surface area (Å²) in [6, 6.07) is 7.68. The fourth-order valence-electron chi connectivity index (χ4n) is 2.34. The van der Waals surface area contributed by atoms with Crippen molar-refractivity contribution >= 4 is 29.3 Å². The number of carbonyl (C=O) groups excluding carboxylic acids is 1. The van der Waals surface area contributed by atoms with Crippen LogP contribution in [0.25, 0.3) is 0 Å². The first-order valence-corrected chi connectivity index (χ1v) is 8.22. The Morgan fingerprint density at radius 2 is 2.15 bits per heavy atom. The second-order valence-electron chi connectivity index (χ2n) is 5.29. The number of thioether (sulfide) groups is 1. The molecule has 1 saturated carbocycles. The third-order valence-corrected chi connectivity index (χ3v) is 5.10. The van der Waals surface area contributed by atoms with E-state index in [1.807, 2.05) is 31.3 Å². The molecule has 0 bridgehead atoms. The lowest BCUT2D eigenvalue weighted by Gasteiger charge is -2.34. The van der Waals surface area contributed by atoms with Gasteiger partial charge in [-0.05, 0) is 30.9 Å². The molecule has 0 radical (unpaired) electrons. The molecule has 0 saturated heterocycles. The van der Waals surface area contributed by atoms with Crippen LogP contribution in [-0.2, 0) is 4.79 Å². The molecule has 5 heteroatoms. The van der Waals surface area contributed by atoms with Crippen LogP contribution < -0.4 is 0 Å². The average Bonchev–Trinajstić information content (AvgIpc) is 2.39. The monoisotopic (exact) mass is 313 g/mol. The first-order chi connectivity index (χ1) is 9.56. The average molecular weight is 314 g/mol. The molecule has 1 N–H and O–H groups in total. The molecular formula is C15H20ClNO2S. The Balaban J connectivity index is 1.68. The van der Waals surface area contributed by atoms with Crippen LogP contribution in [0.1, 0.15) is 19.3 Å². The molecule has 0 aromatic heterocycles. The second kappa shape index (κ2) is 7.34. The molecule has 20 heavy (non-hydrogen) atoms. The van der Waals surface area contributed by atoms with Crippen molar-refractivity contribution < 1.29 is 9.90 Å². The van der Waals surface area contributed by atoms with Gasteiger partial charge in [0.05, 0.1) is 11.1 Å². The quantitative estimate of drug-likeness (QED) is 0.821. The van der Waals surface area contributed by atoms with Crippen LogP contribution in [-0.4, -0.2) is 41.4 Å². The number of hydrogen-bond donors (Lipinski definition) is 1. The lowest BCUT2D eigenvalue weighted by atomic mass is 9.82. The van der Waals surface area contributed by atoms with Crippen LogP contribution in [0.3, 0.4) is 0 Å². The Bertz CT molecular complexity index is 463. The van der Waals surface area contributed by atoms with Gasteiger partial charge in [0, 0.05) is 30.7 Å². The third kappa shape index (κ3) is 4.40. The summed E-state index contributed by atoms with van der Waals surface area (Å²) >= 11 is 7.68. The SMILES string of the molecule is CN(CC1CC(O)C1)C(=O)CCSc1ccccc1Cl. The lowest BCUT2D eigenvalue weighted by Crippen LogP contribution is -2.39. The Morgan fingerprint density at radius 1 is 1.45 bits per heavy atom. The summed E-state index contributed by atoms with van der Waals surface area (Å²) in [5, 5.41) is 9.98. The van der Waals surface area contributed by atoms with Crippen LogP contribution in [0, 0.1) is 5.92 Å². The van der Waals surface area contributed by atoms with Crippen LogP contribution in [0.2, 0.25) is 5.02 Å². The maximum absolute atomic E-state index is 12.0. The van der Waals surface area contributed by atoms with Crippen molar-refractivity contribution in [3.63, 3.8) is 0 Å². The zero-order valence-electron chi connectivity index (χ0n) is 11.6. The Morgan fingerprint density at radius 3 is 2.80 bits per heavy atom. The maximum Gasteiger partial charge on any atom is 0.223 e. The summed E-state index contributed by atoms with van der Waals surface area (Å²) in [4.78, 5) is 14.8. The van der Waals surface area contributed by atoms with E-state index in [1.165, 1.54) is 0 Å². The van der Waals surface area contributed by atoms with Gasteiger partial charge in [-0.15, -0.1) is 11.8 Å². The number of aliphatic hydroxyl groups excluding tert-OH is 1. The topological polar surface area (TPSA) is 40.5 Å². The molecule has 3 nitrogen and oxygen atoms in total. The molecule has 1 aromatic carbocycles. The smallest absolute Gasteiger partial charge is 0.223 e. The molecule has 1 amide bonds. The molecule has 0 spiro atoms. The zero-order valence-corrected chi connectivity index (χ0v) is 13.2. The van der Waals surface area contributed by atoms with Gasteiger partial charge in [0.25, 0.3) is 0 Å². The standard InChI is InChI=1S/C15H20ClNO2S/c1-17(10-11-8-12(18)9-11)15(19)6-7-20-14-5-3-2-4-13(14)16/h2-5,11-12,18H,6-10H2,1H3. The highest BCUT2D eigenvalue weighted by molar-refractivity contribution is 7.99. The normalized spacial score (nSPS) is 21.4. The highest BCUT2D eigenvalue weighted by Gasteiger charge is 2.28. The summed E-state index contributed by atoms with van der Waals surface area (Å²) in [5.74, 6) is 1.36. The first-order valence-electron chi connectivity index (χ1n) is 6.85. The van der Waals surface area contributed by atoms with Crippen molar-refractivity contribution in [3.8, 4) is 0 Å². The van der Waals surface area contributed by atoms with Crippen molar-refractivity contribution in [1.82, 2.24) is 4.90 Å². The van der Waals surface area contributed by atoms with Gasteiger partial charge >= 0.3 is 0 Å². The maximum atomic E-state index is 12.0. The highest BCUT2D eigenvalue weighted by Crippen LogP contribution is 2.29.